The SMILES string of the molecule is COc1ccccc1Oc1coc2c(C[NH+](C)Cc3ccccc3)c(O)ccc2c1=O. The lowest BCUT2D eigenvalue weighted by Gasteiger charge is -2.16. The second kappa shape index (κ2) is 8.93. The van der Waals surface area contributed by atoms with E-state index in [9.17, 15) is 9.90 Å². The van der Waals surface area contributed by atoms with Crippen LogP contribution in [0.2, 0.25) is 0 Å². The largest absolute Gasteiger partial charge is 0.507 e. The van der Waals surface area contributed by atoms with Crippen LogP contribution in [0.25, 0.3) is 11.0 Å². The molecule has 0 bridgehead atoms. The summed E-state index contributed by atoms with van der Waals surface area (Å²) in [7, 11) is 3.57. The van der Waals surface area contributed by atoms with E-state index in [0.29, 0.717) is 34.6 Å². The number of hydrogen-bond acceptors (Lipinski definition) is 5. The zero-order valence-electron chi connectivity index (χ0n) is 17.4. The molecule has 0 saturated heterocycles. The van der Waals surface area contributed by atoms with Crippen LogP contribution >= 0.6 is 0 Å². The average Bonchev–Trinajstić information content (AvgIpc) is 2.78. The summed E-state index contributed by atoms with van der Waals surface area (Å²) in [4.78, 5) is 14.2. The van der Waals surface area contributed by atoms with Gasteiger partial charge in [-0.25, -0.2) is 0 Å². The van der Waals surface area contributed by atoms with Gasteiger partial charge in [0, 0.05) is 5.56 Å². The van der Waals surface area contributed by atoms with Gasteiger partial charge in [0.1, 0.15) is 25.1 Å². The Labute approximate surface area is 179 Å². The van der Waals surface area contributed by atoms with Gasteiger partial charge in [-0.2, -0.15) is 0 Å². The molecule has 6 nitrogen and oxygen atoms in total. The van der Waals surface area contributed by atoms with Gasteiger partial charge in [0.25, 0.3) is 0 Å². The van der Waals surface area contributed by atoms with Crippen molar-refractivity contribution in [2.45, 2.75) is 13.1 Å². The van der Waals surface area contributed by atoms with Gasteiger partial charge < -0.3 is 23.9 Å². The number of aromatic hydroxyl groups is 1. The lowest BCUT2D eigenvalue weighted by molar-refractivity contribution is -0.907. The maximum Gasteiger partial charge on any atom is 0.235 e. The highest BCUT2D eigenvalue weighted by Gasteiger charge is 2.19. The Morgan fingerprint density at radius 2 is 1.61 bits per heavy atom. The van der Waals surface area contributed by atoms with Crippen LogP contribution in [0.5, 0.6) is 23.0 Å². The second-order valence-electron chi connectivity index (χ2n) is 7.42. The van der Waals surface area contributed by atoms with Gasteiger partial charge in [0.2, 0.25) is 11.2 Å². The van der Waals surface area contributed by atoms with Gasteiger partial charge >= 0.3 is 0 Å². The van der Waals surface area contributed by atoms with E-state index in [4.69, 9.17) is 13.9 Å². The fourth-order valence-corrected chi connectivity index (χ4v) is 3.60. The van der Waals surface area contributed by atoms with Gasteiger partial charge in [-0.1, -0.05) is 42.5 Å². The van der Waals surface area contributed by atoms with Crippen molar-refractivity contribution in [1.29, 1.82) is 0 Å². The molecule has 0 spiro atoms. The number of hydrogen-bond donors (Lipinski definition) is 2. The third-order valence-corrected chi connectivity index (χ3v) is 5.10. The van der Waals surface area contributed by atoms with Gasteiger partial charge in [-0.05, 0) is 24.3 Å². The number of ether oxygens (including phenoxy) is 2. The van der Waals surface area contributed by atoms with Crippen LogP contribution in [-0.2, 0) is 13.1 Å². The molecule has 0 saturated carbocycles. The third kappa shape index (κ3) is 4.39. The summed E-state index contributed by atoms with van der Waals surface area (Å²) in [5.74, 6) is 1.09. The monoisotopic (exact) mass is 418 g/mol. The van der Waals surface area contributed by atoms with Crippen molar-refractivity contribution >= 4 is 11.0 Å². The van der Waals surface area contributed by atoms with Crippen LogP contribution in [0.15, 0.2) is 82.2 Å². The van der Waals surface area contributed by atoms with E-state index >= 15 is 0 Å². The minimum atomic E-state index is -0.311. The van der Waals surface area contributed by atoms with E-state index in [2.05, 4.69) is 12.1 Å². The predicted octanol–water partition coefficient (Wildman–Crippen LogP) is 3.51. The molecule has 2 N–H and O–H groups in total. The van der Waals surface area contributed by atoms with E-state index < -0.39 is 0 Å². The highest BCUT2D eigenvalue weighted by atomic mass is 16.5. The molecule has 0 aliphatic rings. The van der Waals surface area contributed by atoms with E-state index in [-0.39, 0.29) is 16.9 Å². The Hall–Kier alpha value is -3.77. The summed E-state index contributed by atoms with van der Waals surface area (Å²) in [5.41, 5.74) is 1.83. The zero-order valence-corrected chi connectivity index (χ0v) is 17.4. The van der Waals surface area contributed by atoms with Crippen molar-refractivity contribution in [1.82, 2.24) is 0 Å². The molecule has 0 aliphatic carbocycles. The molecule has 1 unspecified atom stereocenters. The number of methoxy groups -OCH3 is 1. The normalized spacial score (nSPS) is 11.9. The average molecular weight is 418 g/mol. The van der Waals surface area contributed by atoms with Crippen LogP contribution in [0.3, 0.4) is 0 Å². The summed E-state index contributed by atoms with van der Waals surface area (Å²) in [6.45, 7) is 1.27. The third-order valence-electron chi connectivity index (χ3n) is 5.10. The first-order valence-corrected chi connectivity index (χ1v) is 9.99. The summed E-state index contributed by atoms with van der Waals surface area (Å²) in [6, 6.07) is 20.3. The minimum Gasteiger partial charge on any atom is -0.507 e. The topological polar surface area (TPSA) is 73.3 Å². The number of quaternary nitrogens is 1. The van der Waals surface area contributed by atoms with E-state index in [1.807, 2.05) is 31.3 Å². The number of rotatable bonds is 7. The maximum atomic E-state index is 13.1. The molecule has 158 valence electrons. The lowest BCUT2D eigenvalue weighted by atomic mass is 10.1. The van der Waals surface area contributed by atoms with Gasteiger partial charge in [0.15, 0.2) is 17.1 Å². The summed E-state index contributed by atoms with van der Waals surface area (Å²) in [5, 5.41) is 10.8. The summed E-state index contributed by atoms with van der Waals surface area (Å²) >= 11 is 0. The fraction of sp³-hybridized carbons (Fsp3) is 0.160. The first kappa shape index (κ1) is 20.5. The molecule has 1 atom stereocenters. The maximum absolute atomic E-state index is 13.1. The molecule has 1 aromatic heterocycles. The number of phenolic OH excluding ortho intramolecular Hbond substituents is 1. The quantitative estimate of drug-likeness (QED) is 0.481. The van der Waals surface area contributed by atoms with Crippen LogP contribution in [0.1, 0.15) is 11.1 Å². The van der Waals surface area contributed by atoms with Crippen molar-refractivity contribution in [2.24, 2.45) is 0 Å². The number of para-hydroxylation sites is 2. The van der Waals surface area contributed by atoms with Crippen LogP contribution in [0, 0.1) is 0 Å². The highest BCUT2D eigenvalue weighted by molar-refractivity contribution is 5.82. The van der Waals surface area contributed by atoms with Crippen LogP contribution in [-0.4, -0.2) is 19.3 Å². The first-order valence-electron chi connectivity index (χ1n) is 9.99. The van der Waals surface area contributed by atoms with Gasteiger partial charge in [-0.3, -0.25) is 4.79 Å². The van der Waals surface area contributed by atoms with Gasteiger partial charge in [-0.15, -0.1) is 0 Å². The molecule has 0 radical (unpaired) electrons. The second-order valence-corrected chi connectivity index (χ2v) is 7.42. The number of fused-ring (bicyclic) bond motifs is 1. The molecule has 4 rings (SSSR count). The van der Waals surface area contributed by atoms with E-state index in [1.165, 1.54) is 25.0 Å². The van der Waals surface area contributed by atoms with E-state index in [1.54, 1.807) is 24.3 Å². The minimum absolute atomic E-state index is 0.0543. The van der Waals surface area contributed by atoms with Crippen LogP contribution < -0.4 is 19.8 Å². The molecule has 0 aliphatic heterocycles. The van der Waals surface area contributed by atoms with Crippen molar-refractivity contribution in [3.8, 4) is 23.0 Å². The molecule has 1 heterocycles. The molecule has 6 heteroatoms. The number of nitrogens with one attached hydrogen (secondary N) is 1. The Balaban J connectivity index is 1.66. The molecule has 4 aromatic rings. The molecule has 31 heavy (non-hydrogen) atoms. The zero-order chi connectivity index (χ0) is 21.8. The fourth-order valence-electron chi connectivity index (χ4n) is 3.60. The Morgan fingerprint density at radius 1 is 0.903 bits per heavy atom. The molecule has 0 fully saturated rings. The predicted molar refractivity (Wildman–Crippen MR) is 118 cm³/mol. The molecular weight excluding hydrogens is 394 g/mol. The number of phenols is 1. The summed E-state index contributed by atoms with van der Waals surface area (Å²) < 4.78 is 16.8. The van der Waals surface area contributed by atoms with Crippen LogP contribution in [0.4, 0.5) is 0 Å². The Kier molecular flexibility index (Phi) is 5.91. The Bertz CT molecular complexity index is 1250. The first-order chi connectivity index (χ1) is 15.1. The summed E-state index contributed by atoms with van der Waals surface area (Å²) in [6.07, 6.45) is 1.28. The lowest BCUT2D eigenvalue weighted by Crippen LogP contribution is -3.06. The van der Waals surface area contributed by atoms with Crippen molar-refractivity contribution in [3.63, 3.8) is 0 Å². The Morgan fingerprint density at radius 3 is 2.35 bits per heavy atom. The standard InChI is InChI=1S/C25H23NO5/c1-26(14-17-8-4-3-5-9-17)15-19-20(27)13-12-18-24(28)23(16-30-25(18)19)31-22-11-7-6-10-21(22)29-2/h3-13,16,27H,14-15H2,1-2H3/p+1. The number of benzene rings is 3. The van der Waals surface area contributed by atoms with Gasteiger partial charge in [0.05, 0.1) is 25.1 Å². The van der Waals surface area contributed by atoms with Crippen molar-refractivity contribution in [2.75, 3.05) is 14.2 Å². The van der Waals surface area contributed by atoms with E-state index in [0.717, 1.165) is 11.4 Å². The highest BCUT2D eigenvalue weighted by Crippen LogP contribution is 2.31. The van der Waals surface area contributed by atoms with Crippen molar-refractivity contribution in [3.05, 3.63) is 94.3 Å². The van der Waals surface area contributed by atoms with Crippen molar-refractivity contribution < 1.29 is 23.9 Å². The molecular formula is C25H24NO5+. The molecule has 0 amide bonds. The smallest absolute Gasteiger partial charge is 0.235 e. The molecule has 3 aromatic carbocycles.